The van der Waals surface area contributed by atoms with Crippen molar-refractivity contribution in [2.45, 2.75) is 13.5 Å². The van der Waals surface area contributed by atoms with E-state index in [0.717, 1.165) is 17.4 Å². The van der Waals surface area contributed by atoms with Gasteiger partial charge in [0.15, 0.2) is 0 Å². The molecule has 3 nitrogen and oxygen atoms in total. The van der Waals surface area contributed by atoms with Crippen molar-refractivity contribution in [3.05, 3.63) is 70.8 Å². The van der Waals surface area contributed by atoms with Crippen LogP contribution in [0.1, 0.15) is 31.8 Å². The highest BCUT2D eigenvalue weighted by Gasteiger charge is 2.05. The zero-order valence-corrected chi connectivity index (χ0v) is 10.7. The lowest BCUT2D eigenvalue weighted by molar-refractivity contribution is 0.0950. The lowest BCUT2D eigenvalue weighted by Gasteiger charge is -2.08. The number of rotatable bonds is 4. The molecule has 0 unspecified atom stereocenters. The minimum Gasteiger partial charge on any atom is -0.348 e. The number of carbonyl (C=O) groups is 2. The molecule has 1 N–H and O–H groups in total. The molecule has 2 aromatic rings. The first-order valence-corrected chi connectivity index (χ1v) is 6.08. The van der Waals surface area contributed by atoms with Gasteiger partial charge in [0.25, 0.3) is 5.91 Å². The lowest BCUT2D eigenvalue weighted by Crippen LogP contribution is -2.23. The average molecular weight is 253 g/mol. The molecule has 2 rings (SSSR count). The zero-order chi connectivity index (χ0) is 13.7. The number of nitrogens with one attached hydrogen (secondary N) is 1. The quantitative estimate of drug-likeness (QED) is 0.852. The van der Waals surface area contributed by atoms with Crippen LogP contribution in [0.2, 0.25) is 0 Å². The summed E-state index contributed by atoms with van der Waals surface area (Å²) in [6.07, 6.45) is 0.759. The number of aldehydes is 1. The van der Waals surface area contributed by atoms with E-state index in [1.54, 1.807) is 24.3 Å². The summed E-state index contributed by atoms with van der Waals surface area (Å²) < 4.78 is 0. The second-order valence-corrected chi connectivity index (χ2v) is 4.35. The van der Waals surface area contributed by atoms with Gasteiger partial charge < -0.3 is 5.32 Å². The van der Waals surface area contributed by atoms with Crippen molar-refractivity contribution < 1.29 is 9.59 Å². The molecule has 0 aliphatic rings. The van der Waals surface area contributed by atoms with E-state index >= 15 is 0 Å². The molecule has 0 atom stereocenters. The summed E-state index contributed by atoms with van der Waals surface area (Å²) in [5.41, 5.74) is 3.37. The topological polar surface area (TPSA) is 46.2 Å². The van der Waals surface area contributed by atoms with Crippen LogP contribution in [-0.2, 0) is 6.54 Å². The van der Waals surface area contributed by atoms with Crippen LogP contribution in [0.25, 0.3) is 0 Å². The van der Waals surface area contributed by atoms with Crippen molar-refractivity contribution in [3.63, 3.8) is 0 Å². The third-order valence-electron chi connectivity index (χ3n) is 3.01. The standard InChI is InChI=1S/C16H15NO2/c1-12-4-2-3-5-15(12)10-17-16(19)14-8-6-13(11-18)7-9-14/h2-9,11H,10H2,1H3,(H,17,19). The SMILES string of the molecule is Cc1ccccc1CNC(=O)c1ccc(C=O)cc1. The summed E-state index contributed by atoms with van der Waals surface area (Å²) in [4.78, 5) is 22.5. The Labute approximate surface area is 112 Å². The van der Waals surface area contributed by atoms with Gasteiger partial charge in [0.1, 0.15) is 6.29 Å². The minimum absolute atomic E-state index is 0.138. The van der Waals surface area contributed by atoms with E-state index < -0.39 is 0 Å². The van der Waals surface area contributed by atoms with Crippen molar-refractivity contribution in [1.29, 1.82) is 0 Å². The maximum absolute atomic E-state index is 11.9. The Balaban J connectivity index is 2.01. The molecule has 0 radical (unpaired) electrons. The summed E-state index contributed by atoms with van der Waals surface area (Å²) in [5, 5.41) is 2.87. The molecule has 0 heterocycles. The third kappa shape index (κ3) is 3.28. The molecule has 0 saturated heterocycles. The number of amides is 1. The fraction of sp³-hybridized carbons (Fsp3) is 0.125. The molecule has 96 valence electrons. The maximum atomic E-state index is 11.9. The minimum atomic E-state index is -0.138. The van der Waals surface area contributed by atoms with Gasteiger partial charge in [-0.2, -0.15) is 0 Å². The maximum Gasteiger partial charge on any atom is 0.251 e. The fourth-order valence-corrected chi connectivity index (χ4v) is 1.80. The first kappa shape index (κ1) is 13.0. The predicted molar refractivity (Wildman–Crippen MR) is 74.2 cm³/mol. The van der Waals surface area contributed by atoms with Gasteiger partial charge in [-0.05, 0) is 30.2 Å². The Morgan fingerprint density at radius 2 is 1.79 bits per heavy atom. The number of benzene rings is 2. The Hall–Kier alpha value is -2.42. The second-order valence-electron chi connectivity index (χ2n) is 4.35. The van der Waals surface area contributed by atoms with Crippen LogP contribution in [0, 0.1) is 6.92 Å². The van der Waals surface area contributed by atoms with E-state index in [1.165, 1.54) is 0 Å². The fourth-order valence-electron chi connectivity index (χ4n) is 1.80. The molecular weight excluding hydrogens is 238 g/mol. The van der Waals surface area contributed by atoms with E-state index in [4.69, 9.17) is 0 Å². The Morgan fingerprint density at radius 3 is 2.42 bits per heavy atom. The second kappa shape index (κ2) is 5.96. The van der Waals surface area contributed by atoms with Crippen LogP contribution in [0.15, 0.2) is 48.5 Å². The molecule has 0 aliphatic carbocycles. The van der Waals surface area contributed by atoms with Crippen molar-refractivity contribution in [2.24, 2.45) is 0 Å². The van der Waals surface area contributed by atoms with Crippen molar-refractivity contribution >= 4 is 12.2 Å². The van der Waals surface area contributed by atoms with E-state index in [1.807, 2.05) is 31.2 Å². The van der Waals surface area contributed by atoms with Crippen LogP contribution < -0.4 is 5.32 Å². The van der Waals surface area contributed by atoms with Crippen LogP contribution in [0.5, 0.6) is 0 Å². The zero-order valence-electron chi connectivity index (χ0n) is 10.7. The molecule has 0 saturated carbocycles. The number of hydrogen-bond acceptors (Lipinski definition) is 2. The molecule has 1 amide bonds. The van der Waals surface area contributed by atoms with Gasteiger partial charge in [-0.15, -0.1) is 0 Å². The van der Waals surface area contributed by atoms with Crippen LogP contribution >= 0.6 is 0 Å². The number of hydrogen-bond donors (Lipinski definition) is 1. The largest absolute Gasteiger partial charge is 0.348 e. The van der Waals surface area contributed by atoms with Gasteiger partial charge in [-0.25, -0.2) is 0 Å². The van der Waals surface area contributed by atoms with Gasteiger partial charge in [0.05, 0.1) is 0 Å². The highest BCUT2D eigenvalue weighted by Crippen LogP contribution is 2.07. The summed E-state index contributed by atoms with van der Waals surface area (Å²) in [5.74, 6) is -0.138. The third-order valence-corrected chi connectivity index (χ3v) is 3.01. The van der Waals surface area contributed by atoms with E-state index in [2.05, 4.69) is 5.32 Å². The van der Waals surface area contributed by atoms with E-state index in [-0.39, 0.29) is 5.91 Å². The Morgan fingerprint density at radius 1 is 1.11 bits per heavy atom. The normalized spacial score (nSPS) is 9.95. The van der Waals surface area contributed by atoms with Gasteiger partial charge >= 0.3 is 0 Å². The smallest absolute Gasteiger partial charge is 0.251 e. The molecule has 2 aromatic carbocycles. The highest BCUT2D eigenvalue weighted by molar-refractivity contribution is 5.94. The number of aryl methyl sites for hydroxylation is 1. The first-order valence-electron chi connectivity index (χ1n) is 6.08. The van der Waals surface area contributed by atoms with Crippen LogP contribution in [-0.4, -0.2) is 12.2 Å². The molecule has 19 heavy (non-hydrogen) atoms. The number of carbonyl (C=O) groups excluding carboxylic acids is 2. The first-order chi connectivity index (χ1) is 9.20. The Bertz CT molecular complexity index is 588. The van der Waals surface area contributed by atoms with Crippen LogP contribution in [0.4, 0.5) is 0 Å². The predicted octanol–water partition coefficient (Wildman–Crippen LogP) is 2.74. The summed E-state index contributed by atoms with van der Waals surface area (Å²) in [6, 6.07) is 14.5. The molecule has 0 aliphatic heterocycles. The molecule has 0 spiro atoms. The average Bonchev–Trinajstić information content (AvgIpc) is 2.46. The lowest BCUT2D eigenvalue weighted by atomic mass is 10.1. The van der Waals surface area contributed by atoms with Gasteiger partial charge in [-0.3, -0.25) is 9.59 Å². The molecule has 0 fully saturated rings. The molecule has 3 heteroatoms. The van der Waals surface area contributed by atoms with E-state index in [0.29, 0.717) is 17.7 Å². The Kier molecular flexibility index (Phi) is 4.08. The van der Waals surface area contributed by atoms with Crippen LogP contribution in [0.3, 0.4) is 0 Å². The van der Waals surface area contributed by atoms with Crippen molar-refractivity contribution in [1.82, 2.24) is 5.32 Å². The van der Waals surface area contributed by atoms with Gasteiger partial charge in [0, 0.05) is 17.7 Å². The summed E-state index contributed by atoms with van der Waals surface area (Å²) >= 11 is 0. The summed E-state index contributed by atoms with van der Waals surface area (Å²) in [6.45, 7) is 2.52. The summed E-state index contributed by atoms with van der Waals surface area (Å²) in [7, 11) is 0. The molecular formula is C16H15NO2. The van der Waals surface area contributed by atoms with Gasteiger partial charge in [-0.1, -0.05) is 36.4 Å². The monoisotopic (exact) mass is 253 g/mol. The van der Waals surface area contributed by atoms with Crippen molar-refractivity contribution in [2.75, 3.05) is 0 Å². The highest BCUT2D eigenvalue weighted by atomic mass is 16.1. The van der Waals surface area contributed by atoms with E-state index in [9.17, 15) is 9.59 Å². The molecule has 0 aromatic heterocycles. The molecule has 0 bridgehead atoms. The van der Waals surface area contributed by atoms with Crippen molar-refractivity contribution in [3.8, 4) is 0 Å². The van der Waals surface area contributed by atoms with Gasteiger partial charge in [0.2, 0.25) is 0 Å².